The predicted octanol–water partition coefficient (Wildman–Crippen LogP) is 4.69. The Morgan fingerprint density at radius 2 is 1.59 bits per heavy atom. The van der Waals surface area contributed by atoms with E-state index >= 15 is 0 Å². The van der Waals surface area contributed by atoms with Crippen molar-refractivity contribution < 1.29 is 14.6 Å². The van der Waals surface area contributed by atoms with Crippen LogP contribution in [0.1, 0.15) is 0 Å². The number of hydrogen-bond donors (Lipinski definition) is 1. The standard InChI is InChI=1S/C25H25N3O3S/c1-28-24(20-9-6-10-23(15-20)30-2)26-27-25(28)32-17-21(29)16-31-22-13-11-19(12-14-22)18-7-4-3-5-8-18/h3-15,21,29H,16-17H2,1-2H3. The molecule has 4 aromatic rings. The first-order valence-electron chi connectivity index (χ1n) is 10.3. The van der Waals surface area contributed by atoms with Gasteiger partial charge in [0.25, 0.3) is 0 Å². The van der Waals surface area contributed by atoms with Crippen LogP contribution in [0.4, 0.5) is 0 Å². The number of nitrogens with zero attached hydrogens (tertiary/aromatic N) is 3. The van der Waals surface area contributed by atoms with Crippen LogP contribution in [0.25, 0.3) is 22.5 Å². The van der Waals surface area contributed by atoms with Gasteiger partial charge in [-0.15, -0.1) is 10.2 Å². The highest BCUT2D eigenvalue weighted by Crippen LogP contribution is 2.26. The molecule has 0 fully saturated rings. The second-order valence-electron chi connectivity index (χ2n) is 7.26. The lowest BCUT2D eigenvalue weighted by Gasteiger charge is -2.12. The number of aromatic nitrogens is 3. The Morgan fingerprint density at radius 1 is 0.875 bits per heavy atom. The fraction of sp³-hybridized carbons (Fsp3) is 0.200. The lowest BCUT2D eigenvalue weighted by molar-refractivity contribution is 0.126. The maximum atomic E-state index is 10.4. The van der Waals surface area contributed by atoms with Crippen LogP contribution in [0.5, 0.6) is 11.5 Å². The maximum Gasteiger partial charge on any atom is 0.191 e. The molecule has 1 N–H and O–H groups in total. The Balaban J connectivity index is 1.30. The monoisotopic (exact) mass is 447 g/mol. The molecule has 0 bridgehead atoms. The highest BCUT2D eigenvalue weighted by molar-refractivity contribution is 7.99. The second-order valence-corrected chi connectivity index (χ2v) is 8.25. The zero-order chi connectivity index (χ0) is 22.3. The summed E-state index contributed by atoms with van der Waals surface area (Å²) in [6.45, 7) is 0.207. The third-order valence-corrected chi connectivity index (χ3v) is 6.14. The van der Waals surface area contributed by atoms with Crippen molar-refractivity contribution in [2.24, 2.45) is 7.05 Å². The highest BCUT2D eigenvalue weighted by atomic mass is 32.2. The summed E-state index contributed by atoms with van der Waals surface area (Å²) in [6.07, 6.45) is -0.634. The summed E-state index contributed by atoms with van der Waals surface area (Å²) in [5.41, 5.74) is 3.21. The first-order valence-corrected chi connectivity index (χ1v) is 11.3. The molecule has 164 valence electrons. The van der Waals surface area contributed by atoms with Crippen molar-refractivity contribution in [3.63, 3.8) is 0 Å². The molecule has 3 aromatic carbocycles. The smallest absolute Gasteiger partial charge is 0.191 e. The average molecular weight is 448 g/mol. The Hall–Kier alpha value is -3.29. The number of aliphatic hydroxyl groups is 1. The third kappa shape index (κ3) is 5.30. The Labute approximate surface area is 191 Å². The van der Waals surface area contributed by atoms with Gasteiger partial charge in [-0.05, 0) is 35.4 Å². The molecule has 0 aliphatic carbocycles. The number of benzene rings is 3. The molecule has 1 heterocycles. The van der Waals surface area contributed by atoms with Crippen molar-refractivity contribution in [2.45, 2.75) is 11.3 Å². The van der Waals surface area contributed by atoms with Crippen LogP contribution >= 0.6 is 11.8 Å². The minimum absolute atomic E-state index is 0.207. The van der Waals surface area contributed by atoms with Gasteiger partial charge in [-0.3, -0.25) is 0 Å². The molecule has 0 saturated carbocycles. The van der Waals surface area contributed by atoms with Crippen LogP contribution in [-0.2, 0) is 7.05 Å². The Bertz CT molecular complexity index is 1150. The third-order valence-electron chi connectivity index (χ3n) is 4.97. The number of thioether (sulfide) groups is 1. The number of methoxy groups -OCH3 is 1. The first-order chi connectivity index (χ1) is 15.6. The molecule has 1 atom stereocenters. The van der Waals surface area contributed by atoms with Crippen LogP contribution in [0, 0.1) is 0 Å². The molecule has 0 aliphatic heterocycles. The Kier molecular flexibility index (Phi) is 7.09. The quantitative estimate of drug-likeness (QED) is 0.376. The van der Waals surface area contributed by atoms with Crippen molar-refractivity contribution in [3.05, 3.63) is 78.9 Å². The molecule has 1 aromatic heterocycles. The normalized spacial score (nSPS) is 11.8. The van der Waals surface area contributed by atoms with Crippen molar-refractivity contribution in [1.82, 2.24) is 14.8 Å². The van der Waals surface area contributed by atoms with E-state index in [0.29, 0.717) is 5.75 Å². The molecule has 0 aliphatic rings. The van der Waals surface area contributed by atoms with Crippen molar-refractivity contribution >= 4 is 11.8 Å². The molecular weight excluding hydrogens is 422 g/mol. The van der Waals surface area contributed by atoms with Gasteiger partial charge in [0.2, 0.25) is 0 Å². The summed E-state index contributed by atoms with van der Waals surface area (Å²) >= 11 is 1.44. The second kappa shape index (κ2) is 10.3. The van der Waals surface area contributed by atoms with Crippen molar-refractivity contribution in [3.8, 4) is 34.0 Å². The lowest BCUT2D eigenvalue weighted by atomic mass is 10.1. The van der Waals surface area contributed by atoms with Gasteiger partial charge in [0.1, 0.15) is 18.1 Å². The zero-order valence-electron chi connectivity index (χ0n) is 18.0. The van der Waals surface area contributed by atoms with Crippen LogP contribution in [0.15, 0.2) is 84.0 Å². The van der Waals surface area contributed by atoms with Gasteiger partial charge < -0.3 is 19.1 Å². The lowest BCUT2D eigenvalue weighted by Crippen LogP contribution is -2.20. The topological polar surface area (TPSA) is 69.4 Å². The van der Waals surface area contributed by atoms with Gasteiger partial charge in [-0.1, -0.05) is 66.4 Å². The molecule has 0 amide bonds. The zero-order valence-corrected chi connectivity index (χ0v) is 18.8. The van der Waals surface area contributed by atoms with Crippen LogP contribution in [0.2, 0.25) is 0 Å². The number of aliphatic hydroxyl groups excluding tert-OH is 1. The minimum Gasteiger partial charge on any atom is -0.497 e. The number of ether oxygens (including phenoxy) is 2. The van der Waals surface area contributed by atoms with E-state index in [1.54, 1.807) is 7.11 Å². The first kappa shape index (κ1) is 21.9. The molecule has 32 heavy (non-hydrogen) atoms. The summed E-state index contributed by atoms with van der Waals surface area (Å²) in [7, 11) is 3.55. The summed E-state index contributed by atoms with van der Waals surface area (Å²) in [5, 5.41) is 19.6. The van der Waals surface area contributed by atoms with E-state index in [2.05, 4.69) is 22.3 Å². The van der Waals surface area contributed by atoms with E-state index in [0.717, 1.165) is 39.2 Å². The van der Waals surface area contributed by atoms with Gasteiger partial charge in [0, 0.05) is 18.4 Å². The fourth-order valence-corrected chi connectivity index (χ4v) is 4.06. The highest BCUT2D eigenvalue weighted by Gasteiger charge is 2.14. The average Bonchev–Trinajstić information content (AvgIpc) is 3.22. The predicted molar refractivity (Wildman–Crippen MR) is 127 cm³/mol. The van der Waals surface area contributed by atoms with E-state index in [1.807, 2.05) is 78.3 Å². The van der Waals surface area contributed by atoms with Crippen LogP contribution in [-0.4, -0.2) is 45.4 Å². The van der Waals surface area contributed by atoms with Gasteiger partial charge in [0.15, 0.2) is 11.0 Å². The van der Waals surface area contributed by atoms with E-state index in [-0.39, 0.29) is 6.61 Å². The molecule has 0 spiro atoms. The molecule has 6 nitrogen and oxygen atoms in total. The summed E-state index contributed by atoms with van der Waals surface area (Å²) in [5.74, 6) is 2.69. The molecule has 0 saturated heterocycles. The largest absolute Gasteiger partial charge is 0.497 e. The van der Waals surface area contributed by atoms with Crippen molar-refractivity contribution in [2.75, 3.05) is 19.5 Å². The van der Waals surface area contributed by atoms with Crippen LogP contribution < -0.4 is 9.47 Å². The number of rotatable bonds is 9. The Morgan fingerprint density at radius 3 is 2.34 bits per heavy atom. The van der Waals surface area contributed by atoms with E-state index < -0.39 is 6.10 Å². The van der Waals surface area contributed by atoms with E-state index in [9.17, 15) is 5.11 Å². The summed E-state index contributed by atoms with van der Waals surface area (Å²) < 4.78 is 13.0. The summed E-state index contributed by atoms with van der Waals surface area (Å²) in [4.78, 5) is 0. The van der Waals surface area contributed by atoms with E-state index in [4.69, 9.17) is 9.47 Å². The fourth-order valence-electron chi connectivity index (χ4n) is 3.24. The van der Waals surface area contributed by atoms with Gasteiger partial charge in [-0.25, -0.2) is 0 Å². The molecular formula is C25H25N3O3S. The van der Waals surface area contributed by atoms with Crippen molar-refractivity contribution in [1.29, 1.82) is 0 Å². The molecule has 1 unspecified atom stereocenters. The minimum atomic E-state index is -0.634. The van der Waals surface area contributed by atoms with Gasteiger partial charge in [0.05, 0.1) is 13.2 Å². The summed E-state index contributed by atoms with van der Waals surface area (Å²) in [6, 6.07) is 25.8. The molecule has 7 heteroatoms. The maximum absolute atomic E-state index is 10.4. The SMILES string of the molecule is COc1cccc(-c2nnc(SCC(O)COc3ccc(-c4ccccc4)cc3)n2C)c1. The van der Waals surface area contributed by atoms with Crippen LogP contribution in [0.3, 0.4) is 0 Å². The molecule has 0 radical (unpaired) electrons. The molecule has 4 rings (SSSR count). The number of hydrogen-bond acceptors (Lipinski definition) is 6. The van der Waals surface area contributed by atoms with E-state index in [1.165, 1.54) is 11.8 Å². The van der Waals surface area contributed by atoms with Gasteiger partial charge >= 0.3 is 0 Å². The van der Waals surface area contributed by atoms with Gasteiger partial charge in [-0.2, -0.15) is 0 Å².